The Morgan fingerprint density at radius 3 is 2.58 bits per heavy atom. The monoisotopic (exact) mass is 466 g/mol. The molecular formula is C26H27ClN2O4. The lowest BCUT2D eigenvalue weighted by Crippen LogP contribution is -2.18. The van der Waals surface area contributed by atoms with E-state index in [4.69, 9.17) is 25.8 Å². The molecule has 1 amide bonds. The highest BCUT2D eigenvalue weighted by molar-refractivity contribution is 6.30. The summed E-state index contributed by atoms with van der Waals surface area (Å²) in [6.07, 6.45) is 2.43. The molecule has 0 radical (unpaired) electrons. The minimum atomic E-state index is -0.355. The number of amides is 1. The van der Waals surface area contributed by atoms with Gasteiger partial charge in [-0.2, -0.15) is 5.10 Å². The molecule has 0 saturated heterocycles. The number of benzene rings is 3. The third-order valence-corrected chi connectivity index (χ3v) is 4.77. The van der Waals surface area contributed by atoms with Gasteiger partial charge in [0.05, 0.1) is 19.4 Å². The van der Waals surface area contributed by atoms with Crippen LogP contribution in [0, 0.1) is 0 Å². The fraction of sp³-hybridized carbons (Fsp3) is 0.231. The third-order valence-electron chi connectivity index (χ3n) is 4.54. The van der Waals surface area contributed by atoms with Gasteiger partial charge in [0.15, 0.2) is 11.5 Å². The summed E-state index contributed by atoms with van der Waals surface area (Å²) in [5, 5.41) is 4.76. The lowest BCUT2D eigenvalue weighted by molar-refractivity contribution is 0.0954. The zero-order chi connectivity index (χ0) is 23.5. The smallest absolute Gasteiger partial charge is 0.271 e. The summed E-state index contributed by atoms with van der Waals surface area (Å²) < 4.78 is 17.2. The first-order valence-corrected chi connectivity index (χ1v) is 11.2. The molecule has 0 saturated carbocycles. The molecular weight excluding hydrogens is 440 g/mol. The van der Waals surface area contributed by atoms with Crippen molar-refractivity contribution in [2.45, 2.75) is 26.9 Å². The number of halogens is 1. The Balaban J connectivity index is 1.65. The van der Waals surface area contributed by atoms with Gasteiger partial charge in [-0.15, -0.1) is 0 Å². The SMILES string of the molecule is CCCOc1ccc(C(=O)N/N=C/c2ccccc2OCc2cccc(Cl)c2)cc1OCC. The van der Waals surface area contributed by atoms with Gasteiger partial charge in [-0.25, -0.2) is 5.43 Å². The van der Waals surface area contributed by atoms with Gasteiger partial charge in [0.1, 0.15) is 12.4 Å². The molecule has 0 aliphatic rings. The summed E-state index contributed by atoms with van der Waals surface area (Å²) in [5.41, 5.74) is 4.66. The maximum atomic E-state index is 12.6. The van der Waals surface area contributed by atoms with E-state index in [1.165, 1.54) is 0 Å². The van der Waals surface area contributed by atoms with Crippen molar-refractivity contribution < 1.29 is 19.0 Å². The maximum absolute atomic E-state index is 12.6. The van der Waals surface area contributed by atoms with Crippen molar-refractivity contribution in [1.82, 2.24) is 5.43 Å². The average Bonchev–Trinajstić information content (AvgIpc) is 2.83. The summed E-state index contributed by atoms with van der Waals surface area (Å²) in [7, 11) is 0. The van der Waals surface area contributed by atoms with E-state index in [0.717, 1.165) is 17.5 Å². The molecule has 0 heterocycles. The van der Waals surface area contributed by atoms with Crippen molar-refractivity contribution in [2.75, 3.05) is 13.2 Å². The molecule has 3 aromatic carbocycles. The van der Waals surface area contributed by atoms with E-state index in [-0.39, 0.29) is 5.91 Å². The van der Waals surface area contributed by atoms with Crippen LogP contribution in [-0.2, 0) is 6.61 Å². The number of nitrogens with zero attached hydrogens (tertiary/aromatic N) is 1. The van der Waals surface area contributed by atoms with Crippen molar-refractivity contribution in [2.24, 2.45) is 5.10 Å². The average molecular weight is 467 g/mol. The quantitative estimate of drug-likeness (QED) is 0.283. The molecule has 0 unspecified atom stereocenters. The van der Waals surface area contributed by atoms with Crippen molar-refractivity contribution in [3.63, 3.8) is 0 Å². The molecule has 7 heteroatoms. The van der Waals surface area contributed by atoms with E-state index in [0.29, 0.717) is 47.7 Å². The summed E-state index contributed by atoms with van der Waals surface area (Å²) in [6, 6.07) is 20.0. The van der Waals surface area contributed by atoms with Gasteiger partial charge in [-0.3, -0.25) is 4.79 Å². The second kappa shape index (κ2) is 12.5. The number of para-hydroxylation sites is 1. The van der Waals surface area contributed by atoms with Gasteiger partial charge < -0.3 is 14.2 Å². The predicted octanol–water partition coefficient (Wildman–Crippen LogP) is 5.87. The van der Waals surface area contributed by atoms with Gasteiger partial charge in [0.2, 0.25) is 0 Å². The summed E-state index contributed by atoms with van der Waals surface area (Å²) >= 11 is 6.03. The molecule has 6 nitrogen and oxygen atoms in total. The largest absolute Gasteiger partial charge is 0.490 e. The Kier molecular flexibility index (Phi) is 9.15. The van der Waals surface area contributed by atoms with Crippen molar-refractivity contribution in [3.8, 4) is 17.2 Å². The zero-order valence-corrected chi connectivity index (χ0v) is 19.5. The second-order valence-electron chi connectivity index (χ2n) is 7.10. The molecule has 3 rings (SSSR count). The lowest BCUT2D eigenvalue weighted by atomic mass is 10.2. The van der Waals surface area contributed by atoms with E-state index >= 15 is 0 Å². The molecule has 0 aliphatic heterocycles. The number of hydrazone groups is 1. The highest BCUT2D eigenvalue weighted by Gasteiger charge is 2.11. The zero-order valence-electron chi connectivity index (χ0n) is 18.7. The molecule has 0 bridgehead atoms. The number of hydrogen-bond donors (Lipinski definition) is 1. The van der Waals surface area contributed by atoms with Crippen molar-refractivity contribution in [1.29, 1.82) is 0 Å². The fourth-order valence-electron chi connectivity index (χ4n) is 2.98. The molecule has 1 N–H and O–H groups in total. The number of hydrogen-bond acceptors (Lipinski definition) is 5. The fourth-order valence-corrected chi connectivity index (χ4v) is 3.19. The van der Waals surface area contributed by atoms with Gasteiger partial charge in [-0.05, 0) is 61.4 Å². The molecule has 0 aliphatic carbocycles. The topological polar surface area (TPSA) is 69.2 Å². The molecule has 0 aromatic heterocycles. The number of ether oxygens (including phenoxy) is 3. The van der Waals surface area contributed by atoms with E-state index in [1.54, 1.807) is 24.4 Å². The van der Waals surface area contributed by atoms with Crippen LogP contribution in [0.1, 0.15) is 41.8 Å². The number of carbonyl (C=O) groups is 1. The van der Waals surface area contributed by atoms with Crippen LogP contribution in [0.25, 0.3) is 0 Å². The first kappa shape index (κ1) is 24.1. The minimum Gasteiger partial charge on any atom is -0.490 e. The van der Waals surface area contributed by atoms with E-state index in [2.05, 4.69) is 10.5 Å². The molecule has 3 aromatic rings. The van der Waals surface area contributed by atoms with Crippen LogP contribution < -0.4 is 19.6 Å². The van der Waals surface area contributed by atoms with Crippen LogP contribution in [0.4, 0.5) is 0 Å². The van der Waals surface area contributed by atoms with Gasteiger partial charge in [0.25, 0.3) is 5.91 Å². The highest BCUT2D eigenvalue weighted by Crippen LogP contribution is 2.28. The molecule has 0 fully saturated rings. The predicted molar refractivity (Wildman–Crippen MR) is 131 cm³/mol. The Bertz CT molecular complexity index is 1100. The van der Waals surface area contributed by atoms with Crippen LogP contribution in [0.2, 0.25) is 5.02 Å². The maximum Gasteiger partial charge on any atom is 0.271 e. The van der Waals surface area contributed by atoms with Crippen molar-refractivity contribution >= 4 is 23.7 Å². The molecule has 0 atom stereocenters. The molecule has 0 spiro atoms. The Morgan fingerprint density at radius 1 is 0.939 bits per heavy atom. The lowest BCUT2D eigenvalue weighted by Gasteiger charge is -2.12. The van der Waals surface area contributed by atoms with E-state index in [1.807, 2.05) is 62.4 Å². The summed E-state index contributed by atoms with van der Waals surface area (Å²) in [6.45, 7) is 5.32. The first-order valence-electron chi connectivity index (χ1n) is 10.8. The van der Waals surface area contributed by atoms with Crippen LogP contribution in [0.5, 0.6) is 17.2 Å². The van der Waals surface area contributed by atoms with Gasteiger partial charge >= 0.3 is 0 Å². The summed E-state index contributed by atoms with van der Waals surface area (Å²) in [5.74, 6) is 1.44. The normalized spacial score (nSPS) is 10.8. The van der Waals surface area contributed by atoms with E-state index < -0.39 is 0 Å². The van der Waals surface area contributed by atoms with Crippen LogP contribution >= 0.6 is 11.6 Å². The van der Waals surface area contributed by atoms with E-state index in [9.17, 15) is 4.79 Å². The summed E-state index contributed by atoms with van der Waals surface area (Å²) in [4.78, 5) is 12.6. The third kappa shape index (κ3) is 7.26. The first-order chi connectivity index (χ1) is 16.1. The second-order valence-corrected chi connectivity index (χ2v) is 7.53. The highest BCUT2D eigenvalue weighted by atomic mass is 35.5. The number of nitrogens with one attached hydrogen (secondary N) is 1. The Labute approximate surface area is 199 Å². The standard InChI is InChI=1S/C26H27ClN2O4/c1-3-14-32-24-13-12-20(16-25(24)31-4-2)26(30)29-28-17-21-9-5-6-11-23(21)33-18-19-8-7-10-22(27)15-19/h5-13,15-17H,3-4,14,18H2,1-2H3,(H,29,30)/b28-17+. The number of rotatable bonds is 11. The minimum absolute atomic E-state index is 0.355. The number of carbonyl (C=O) groups excluding carboxylic acids is 1. The van der Waals surface area contributed by atoms with Gasteiger partial charge in [-0.1, -0.05) is 42.8 Å². The van der Waals surface area contributed by atoms with Crippen LogP contribution in [-0.4, -0.2) is 25.3 Å². The van der Waals surface area contributed by atoms with Crippen molar-refractivity contribution in [3.05, 3.63) is 88.4 Å². The molecule has 33 heavy (non-hydrogen) atoms. The Hall–Kier alpha value is -3.51. The molecule has 172 valence electrons. The van der Waals surface area contributed by atoms with Crippen LogP contribution in [0.15, 0.2) is 71.8 Å². The Morgan fingerprint density at radius 2 is 1.79 bits per heavy atom. The van der Waals surface area contributed by atoms with Crippen LogP contribution in [0.3, 0.4) is 0 Å². The van der Waals surface area contributed by atoms with Gasteiger partial charge in [0, 0.05) is 16.1 Å².